The quantitative estimate of drug-likeness (QED) is 0.700. The number of piperidine rings is 1. The molecular weight excluding hydrogens is 199 g/mol. The molecule has 15 heavy (non-hydrogen) atoms. The van der Waals surface area contributed by atoms with Crippen molar-refractivity contribution in [1.29, 1.82) is 0 Å². The smallest absolute Gasteiger partial charge is 0.407 e. The Labute approximate surface area is 89.4 Å². The van der Waals surface area contributed by atoms with Crippen molar-refractivity contribution in [3.05, 3.63) is 0 Å². The Morgan fingerprint density at radius 2 is 2.13 bits per heavy atom. The lowest BCUT2D eigenvalue weighted by Crippen LogP contribution is -2.56. The second-order valence-electron chi connectivity index (χ2n) is 5.03. The van der Waals surface area contributed by atoms with Crippen LogP contribution in [0.4, 0.5) is 9.18 Å². The first kappa shape index (κ1) is 12.2. The number of rotatable bonds is 1. The van der Waals surface area contributed by atoms with Crippen LogP contribution in [0.15, 0.2) is 0 Å². The van der Waals surface area contributed by atoms with Crippen LogP contribution in [0.3, 0.4) is 0 Å². The average Bonchev–Trinajstić information content (AvgIpc) is 2.05. The molecule has 2 atom stereocenters. The van der Waals surface area contributed by atoms with Gasteiger partial charge in [0.2, 0.25) is 0 Å². The van der Waals surface area contributed by atoms with Crippen LogP contribution in [0.5, 0.6) is 0 Å². The molecule has 0 bridgehead atoms. The highest BCUT2D eigenvalue weighted by atomic mass is 19.1. The fraction of sp³-hybridized carbons (Fsp3) is 0.900. The Balaban J connectivity index is 2.49. The van der Waals surface area contributed by atoms with Gasteiger partial charge in [-0.2, -0.15) is 0 Å². The van der Waals surface area contributed by atoms with E-state index in [2.05, 4.69) is 5.32 Å². The summed E-state index contributed by atoms with van der Waals surface area (Å²) in [5.41, 5.74) is -0.138. The van der Waals surface area contributed by atoms with E-state index in [1.165, 1.54) is 0 Å². The molecule has 0 aromatic heterocycles. The number of nitrogens with zero attached hydrogens (tertiary/aromatic N) is 1. The number of amides is 1. The molecule has 0 radical (unpaired) electrons. The Morgan fingerprint density at radius 1 is 1.53 bits per heavy atom. The van der Waals surface area contributed by atoms with Gasteiger partial charge in [-0.05, 0) is 27.2 Å². The van der Waals surface area contributed by atoms with E-state index in [0.717, 1.165) is 4.90 Å². The van der Waals surface area contributed by atoms with Crippen LogP contribution in [-0.2, 0) is 0 Å². The van der Waals surface area contributed by atoms with Crippen molar-refractivity contribution >= 4 is 6.09 Å². The highest BCUT2D eigenvalue weighted by molar-refractivity contribution is 5.65. The molecule has 2 unspecified atom stereocenters. The van der Waals surface area contributed by atoms with Crippen molar-refractivity contribution in [3.8, 4) is 0 Å². The molecule has 1 fully saturated rings. The summed E-state index contributed by atoms with van der Waals surface area (Å²) in [5, 5.41) is 11.9. The first-order valence-electron chi connectivity index (χ1n) is 5.19. The number of alkyl halides is 1. The lowest BCUT2D eigenvalue weighted by Gasteiger charge is -2.37. The first-order chi connectivity index (χ1) is 6.79. The van der Waals surface area contributed by atoms with Gasteiger partial charge in [0.1, 0.15) is 6.17 Å². The SMILES string of the molecule is CC(C)(C)NC1CCN(C(=O)O)CC1F. The van der Waals surface area contributed by atoms with Gasteiger partial charge in [-0.3, -0.25) is 0 Å². The molecule has 88 valence electrons. The lowest BCUT2D eigenvalue weighted by molar-refractivity contribution is 0.0811. The van der Waals surface area contributed by atoms with Gasteiger partial charge in [0, 0.05) is 18.1 Å². The Hall–Kier alpha value is -0.840. The zero-order valence-corrected chi connectivity index (χ0v) is 9.46. The van der Waals surface area contributed by atoms with Crippen molar-refractivity contribution in [3.63, 3.8) is 0 Å². The number of carboxylic acid groups (broad SMARTS) is 1. The van der Waals surface area contributed by atoms with Crippen LogP contribution in [-0.4, -0.2) is 46.9 Å². The van der Waals surface area contributed by atoms with Gasteiger partial charge in [-0.25, -0.2) is 9.18 Å². The summed E-state index contributed by atoms with van der Waals surface area (Å²) in [5.74, 6) is 0. The zero-order chi connectivity index (χ0) is 11.6. The fourth-order valence-corrected chi connectivity index (χ4v) is 1.80. The van der Waals surface area contributed by atoms with Crippen LogP contribution >= 0.6 is 0 Å². The molecule has 1 aliphatic heterocycles. The van der Waals surface area contributed by atoms with Gasteiger partial charge in [0.15, 0.2) is 0 Å². The molecule has 0 aliphatic carbocycles. The third-order valence-electron chi connectivity index (χ3n) is 2.43. The molecule has 1 heterocycles. The van der Waals surface area contributed by atoms with Crippen LogP contribution < -0.4 is 5.32 Å². The van der Waals surface area contributed by atoms with Crippen molar-refractivity contribution in [1.82, 2.24) is 10.2 Å². The molecule has 0 saturated carbocycles. The maximum absolute atomic E-state index is 13.6. The number of likely N-dealkylation sites (tertiary alicyclic amines) is 1. The maximum Gasteiger partial charge on any atom is 0.407 e. The Bertz CT molecular complexity index is 240. The highest BCUT2D eigenvalue weighted by Crippen LogP contribution is 2.17. The van der Waals surface area contributed by atoms with Crippen molar-refractivity contribution < 1.29 is 14.3 Å². The summed E-state index contributed by atoms with van der Waals surface area (Å²) in [6, 6.07) is -0.236. The monoisotopic (exact) mass is 218 g/mol. The lowest BCUT2D eigenvalue weighted by atomic mass is 9.99. The van der Waals surface area contributed by atoms with E-state index in [-0.39, 0.29) is 18.1 Å². The van der Waals surface area contributed by atoms with E-state index in [1.54, 1.807) is 0 Å². The highest BCUT2D eigenvalue weighted by Gasteiger charge is 2.33. The van der Waals surface area contributed by atoms with E-state index < -0.39 is 12.3 Å². The van der Waals surface area contributed by atoms with Crippen LogP contribution in [0.1, 0.15) is 27.2 Å². The Kier molecular flexibility index (Phi) is 3.54. The summed E-state index contributed by atoms with van der Waals surface area (Å²) >= 11 is 0. The molecule has 0 aromatic carbocycles. The average molecular weight is 218 g/mol. The minimum Gasteiger partial charge on any atom is -0.465 e. The van der Waals surface area contributed by atoms with E-state index in [0.29, 0.717) is 13.0 Å². The number of halogens is 1. The maximum atomic E-state index is 13.6. The summed E-state index contributed by atoms with van der Waals surface area (Å²) in [6.45, 7) is 6.31. The van der Waals surface area contributed by atoms with Gasteiger partial charge < -0.3 is 15.3 Å². The van der Waals surface area contributed by atoms with Crippen LogP contribution in [0.25, 0.3) is 0 Å². The number of hydrogen-bond donors (Lipinski definition) is 2. The van der Waals surface area contributed by atoms with E-state index >= 15 is 0 Å². The largest absolute Gasteiger partial charge is 0.465 e. The van der Waals surface area contributed by atoms with Crippen molar-refractivity contribution in [2.45, 2.75) is 44.9 Å². The van der Waals surface area contributed by atoms with Gasteiger partial charge in [0.25, 0.3) is 0 Å². The third kappa shape index (κ3) is 3.66. The molecule has 1 aliphatic rings. The van der Waals surface area contributed by atoms with Crippen molar-refractivity contribution in [2.24, 2.45) is 0 Å². The fourth-order valence-electron chi connectivity index (χ4n) is 1.80. The van der Waals surface area contributed by atoms with Crippen molar-refractivity contribution in [2.75, 3.05) is 13.1 Å². The molecular formula is C10H19FN2O2. The molecule has 2 N–H and O–H groups in total. The van der Waals surface area contributed by atoms with Gasteiger partial charge in [-0.1, -0.05) is 0 Å². The van der Waals surface area contributed by atoms with Crippen LogP contribution in [0.2, 0.25) is 0 Å². The molecule has 1 saturated heterocycles. The minimum absolute atomic E-state index is 0.0247. The topological polar surface area (TPSA) is 52.6 Å². The third-order valence-corrected chi connectivity index (χ3v) is 2.43. The second kappa shape index (κ2) is 4.35. The number of nitrogens with one attached hydrogen (secondary N) is 1. The molecule has 1 rings (SSSR count). The predicted molar refractivity (Wildman–Crippen MR) is 55.8 cm³/mol. The normalized spacial score (nSPS) is 27.9. The molecule has 0 aromatic rings. The molecule has 1 amide bonds. The van der Waals surface area contributed by atoms with E-state index in [1.807, 2.05) is 20.8 Å². The summed E-state index contributed by atoms with van der Waals surface area (Å²) in [4.78, 5) is 11.8. The summed E-state index contributed by atoms with van der Waals surface area (Å²) in [7, 11) is 0. The van der Waals surface area contributed by atoms with E-state index in [4.69, 9.17) is 5.11 Å². The summed E-state index contributed by atoms with van der Waals surface area (Å²) < 4.78 is 13.6. The molecule has 4 nitrogen and oxygen atoms in total. The van der Waals surface area contributed by atoms with Gasteiger partial charge in [0.05, 0.1) is 6.54 Å². The summed E-state index contributed by atoms with van der Waals surface area (Å²) in [6.07, 6.45) is -1.62. The van der Waals surface area contributed by atoms with Gasteiger partial charge in [-0.15, -0.1) is 0 Å². The predicted octanol–water partition coefficient (Wildman–Crippen LogP) is 1.46. The zero-order valence-electron chi connectivity index (χ0n) is 9.46. The number of carbonyl (C=O) groups is 1. The molecule has 0 spiro atoms. The van der Waals surface area contributed by atoms with E-state index in [9.17, 15) is 9.18 Å². The first-order valence-corrected chi connectivity index (χ1v) is 5.19. The second-order valence-corrected chi connectivity index (χ2v) is 5.03. The van der Waals surface area contributed by atoms with Crippen LogP contribution in [0, 0.1) is 0 Å². The standard InChI is InChI=1S/C10H19FN2O2/c1-10(2,3)12-8-4-5-13(9(14)15)6-7(8)11/h7-8,12H,4-6H2,1-3H3,(H,14,15). The number of hydrogen-bond acceptors (Lipinski definition) is 2. The Morgan fingerprint density at radius 3 is 2.53 bits per heavy atom. The molecule has 5 heteroatoms. The van der Waals surface area contributed by atoms with Gasteiger partial charge >= 0.3 is 6.09 Å². The minimum atomic E-state index is -1.12.